The first-order chi connectivity index (χ1) is 14.5. The topological polar surface area (TPSA) is 75.6 Å². The molecule has 5 nitrogen and oxygen atoms in total. The number of ether oxygens (including phenoxy) is 1. The van der Waals surface area contributed by atoms with Gasteiger partial charge in [0.15, 0.2) is 0 Å². The highest BCUT2D eigenvalue weighted by Crippen LogP contribution is 2.44. The normalized spacial score (nSPS) is 23.2. The Kier molecular flexibility index (Phi) is 5.80. The van der Waals surface area contributed by atoms with Crippen LogP contribution in [0.15, 0.2) is 48.5 Å². The maximum absolute atomic E-state index is 12.5. The molecule has 5 heteroatoms. The molecule has 4 rings (SSSR count). The Morgan fingerprint density at radius 3 is 2.30 bits per heavy atom. The minimum atomic E-state index is -0.893. The van der Waals surface area contributed by atoms with Gasteiger partial charge in [-0.05, 0) is 47.4 Å². The van der Waals surface area contributed by atoms with Crippen molar-refractivity contribution >= 4 is 12.1 Å². The van der Waals surface area contributed by atoms with E-state index in [0.717, 1.165) is 30.4 Å². The number of benzene rings is 2. The molecule has 2 aliphatic rings. The number of hydrogen-bond donors (Lipinski definition) is 2. The summed E-state index contributed by atoms with van der Waals surface area (Å²) in [6.45, 7) is 2.51. The quantitative estimate of drug-likeness (QED) is 0.668. The van der Waals surface area contributed by atoms with Crippen molar-refractivity contribution in [3.05, 3.63) is 59.7 Å². The van der Waals surface area contributed by atoms with Gasteiger partial charge < -0.3 is 15.2 Å². The first-order valence-corrected chi connectivity index (χ1v) is 10.8. The number of carbonyl (C=O) groups is 2. The number of carboxylic acids is 1. The molecule has 2 atom stereocenters. The van der Waals surface area contributed by atoms with Crippen molar-refractivity contribution in [2.24, 2.45) is 11.3 Å². The van der Waals surface area contributed by atoms with Crippen molar-refractivity contribution in [2.75, 3.05) is 13.2 Å². The zero-order valence-electron chi connectivity index (χ0n) is 17.4. The van der Waals surface area contributed by atoms with Crippen LogP contribution in [0, 0.1) is 11.3 Å². The summed E-state index contributed by atoms with van der Waals surface area (Å²) in [6, 6.07) is 16.4. The number of fused-ring (bicyclic) bond motifs is 3. The van der Waals surface area contributed by atoms with Crippen LogP contribution in [0.4, 0.5) is 4.79 Å². The van der Waals surface area contributed by atoms with E-state index in [9.17, 15) is 14.7 Å². The molecule has 158 valence electrons. The van der Waals surface area contributed by atoms with E-state index in [-0.39, 0.29) is 19.1 Å². The second-order valence-corrected chi connectivity index (χ2v) is 8.80. The number of rotatable bonds is 5. The van der Waals surface area contributed by atoms with Crippen molar-refractivity contribution in [3.8, 4) is 11.1 Å². The van der Waals surface area contributed by atoms with Crippen molar-refractivity contribution in [2.45, 2.75) is 44.9 Å². The van der Waals surface area contributed by atoms with Crippen LogP contribution >= 0.6 is 0 Å². The second-order valence-electron chi connectivity index (χ2n) is 8.80. The van der Waals surface area contributed by atoms with Gasteiger partial charge >= 0.3 is 12.1 Å². The summed E-state index contributed by atoms with van der Waals surface area (Å²) in [4.78, 5) is 24.5. The molecule has 2 aromatic rings. The Balaban J connectivity index is 1.40. The van der Waals surface area contributed by atoms with Gasteiger partial charge in [-0.1, -0.05) is 68.3 Å². The number of carbonyl (C=O) groups excluding carboxylic acids is 1. The fraction of sp³-hybridized carbons (Fsp3) is 0.440. The van der Waals surface area contributed by atoms with Gasteiger partial charge in [0, 0.05) is 12.5 Å². The van der Waals surface area contributed by atoms with Crippen molar-refractivity contribution < 1.29 is 19.4 Å². The van der Waals surface area contributed by atoms with Crippen LogP contribution in [0.2, 0.25) is 0 Å². The highest BCUT2D eigenvalue weighted by Gasteiger charge is 2.40. The first-order valence-electron chi connectivity index (χ1n) is 10.8. The summed E-state index contributed by atoms with van der Waals surface area (Å²) in [7, 11) is 0. The van der Waals surface area contributed by atoms with E-state index < -0.39 is 17.5 Å². The van der Waals surface area contributed by atoms with Crippen LogP contribution < -0.4 is 5.32 Å². The Bertz CT molecular complexity index is 895. The van der Waals surface area contributed by atoms with Crippen LogP contribution in [0.1, 0.15) is 56.1 Å². The predicted molar refractivity (Wildman–Crippen MR) is 115 cm³/mol. The largest absolute Gasteiger partial charge is 0.481 e. The minimum absolute atomic E-state index is 0.00434. The molecule has 0 heterocycles. The molecule has 0 aliphatic heterocycles. The molecule has 2 aliphatic carbocycles. The Morgan fingerprint density at radius 2 is 1.67 bits per heavy atom. The molecule has 1 saturated carbocycles. The van der Waals surface area contributed by atoms with E-state index in [1.165, 1.54) is 11.1 Å². The Hall–Kier alpha value is -2.82. The Labute approximate surface area is 177 Å². The zero-order valence-corrected chi connectivity index (χ0v) is 17.4. The summed E-state index contributed by atoms with van der Waals surface area (Å²) in [5, 5.41) is 12.6. The van der Waals surface area contributed by atoms with Gasteiger partial charge in [-0.25, -0.2) is 4.79 Å². The van der Waals surface area contributed by atoms with E-state index in [2.05, 4.69) is 36.5 Å². The van der Waals surface area contributed by atoms with Gasteiger partial charge in [-0.3, -0.25) is 4.79 Å². The van der Waals surface area contributed by atoms with Crippen LogP contribution in [-0.4, -0.2) is 30.3 Å². The van der Waals surface area contributed by atoms with Gasteiger partial charge in [0.25, 0.3) is 0 Å². The summed E-state index contributed by atoms with van der Waals surface area (Å²) in [5.74, 6) is -0.299. The molecule has 2 aromatic carbocycles. The average Bonchev–Trinajstić information content (AvgIpc) is 2.93. The molecule has 2 unspecified atom stereocenters. The molecule has 0 saturated heterocycles. The minimum Gasteiger partial charge on any atom is -0.481 e. The number of alkyl carbamates (subject to hydrolysis) is 1. The number of carboxylic acid groups (broad SMARTS) is 1. The summed E-state index contributed by atoms with van der Waals surface area (Å²) < 4.78 is 5.56. The summed E-state index contributed by atoms with van der Waals surface area (Å²) in [5.41, 5.74) is 3.78. The molecule has 0 spiro atoms. The first kappa shape index (κ1) is 20.5. The fourth-order valence-corrected chi connectivity index (χ4v) is 4.94. The number of nitrogens with one attached hydrogen (secondary N) is 1. The molecule has 30 heavy (non-hydrogen) atoms. The molecule has 0 aromatic heterocycles. The average molecular weight is 408 g/mol. The monoisotopic (exact) mass is 407 g/mol. The van der Waals surface area contributed by atoms with Crippen LogP contribution in [0.5, 0.6) is 0 Å². The molecule has 0 bridgehead atoms. The SMILES string of the molecule is CC1CCCC(CNC(=O)OCC2c3ccccc3-c3ccccc32)(C(=O)O)CC1. The lowest BCUT2D eigenvalue weighted by Crippen LogP contribution is -2.43. The Morgan fingerprint density at radius 1 is 1.03 bits per heavy atom. The van der Waals surface area contributed by atoms with Gasteiger partial charge in [0.1, 0.15) is 6.61 Å². The van der Waals surface area contributed by atoms with E-state index in [1.807, 2.05) is 24.3 Å². The molecular formula is C25H29NO4. The fourth-order valence-electron chi connectivity index (χ4n) is 4.94. The number of amides is 1. The van der Waals surface area contributed by atoms with Crippen molar-refractivity contribution in [1.82, 2.24) is 5.32 Å². The summed E-state index contributed by atoms with van der Waals surface area (Å²) in [6.07, 6.45) is 3.43. The molecule has 0 radical (unpaired) electrons. The molecule has 1 amide bonds. The van der Waals surface area contributed by atoms with E-state index >= 15 is 0 Å². The number of aliphatic carboxylic acids is 1. The highest BCUT2D eigenvalue weighted by atomic mass is 16.5. The maximum Gasteiger partial charge on any atom is 0.407 e. The molecule has 2 N–H and O–H groups in total. The zero-order chi connectivity index (χ0) is 21.1. The smallest absolute Gasteiger partial charge is 0.407 e. The highest BCUT2D eigenvalue weighted by molar-refractivity contribution is 5.79. The lowest BCUT2D eigenvalue weighted by Gasteiger charge is -2.28. The van der Waals surface area contributed by atoms with Gasteiger partial charge in [0.05, 0.1) is 5.41 Å². The van der Waals surface area contributed by atoms with Gasteiger partial charge in [0.2, 0.25) is 0 Å². The van der Waals surface area contributed by atoms with Gasteiger partial charge in [-0.2, -0.15) is 0 Å². The predicted octanol–water partition coefficient (Wildman–Crippen LogP) is 5.20. The lowest BCUT2D eigenvalue weighted by atomic mass is 9.80. The lowest BCUT2D eigenvalue weighted by molar-refractivity contribution is -0.149. The second kappa shape index (κ2) is 8.50. The summed E-state index contributed by atoms with van der Waals surface area (Å²) >= 11 is 0. The molecule has 1 fully saturated rings. The number of hydrogen-bond acceptors (Lipinski definition) is 3. The third-order valence-electron chi connectivity index (χ3n) is 6.84. The molecular weight excluding hydrogens is 378 g/mol. The van der Waals surface area contributed by atoms with Gasteiger partial charge in [-0.15, -0.1) is 0 Å². The van der Waals surface area contributed by atoms with E-state index in [0.29, 0.717) is 18.8 Å². The van der Waals surface area contributed by atoms with Crippen molar-refractivity contribution in [1.29, 1.82) is 0 Å². The van der Waals surface area contributed by atoms with E-state index in [1.54, 1.807) is 0 Å². The van der Waals surface area contributed by atoms with Crippen LogP contribution in [-0.2, 0) is 9.53 Å². The van der Waals surface area contributed by atoms with Crippen LogP contribution in [0.3, 0.4) is 0 Å². The van der Waals surface area contributed by atoms with Crippen LogP contribution in [0.25, 0.3) is 11.1 Å². The third kappa shape index (κ3) is 3.93. The third-order valence-corrected chi connectivity index (χ3v) is 6.84. The van der Waals surface area contributed by atoms with E-state index in [4.69, 9.17) is 4.74 Å². The standard InChI is InChI=1S/C25H29NO4/c1-17-7-6-13-25(14-12-17,23(27)28)16-26-24(29)30-15-22-20-10-4-2-8-18(20)19-9-3-5-11-21(19)22/h2-5,8-11,17,22H,6-7,12-16H2,1H3,(H,26,29)(H,27,28). The van der Waals surface area contributed by atoms with Crippen molar-refractivity contribution in [3.63, 3.8) is 0 Å². The maximum atomic E-state index is 12.5.